The van der Waals surface area contributed by atoms with Crippen LogP contribution in [0.25, 0.3) is 0 Å². The molecule has 0 amide bonds. The van der Waals surface area contributed by atoms with Crippen molar-refractivity contribution < 1.29 is 8.95 Å². The van der Waals surface area contributed by atoms with Gasteiger partial charge in [0.1, 0.15) is 0 Å². The maximum atomic E-state index is 12.3. The number of hydrogen-bond acceptors (Lipinski definition) is 3. The van der Waals surface area contributed by atoms with Crippen LogP contribution in [-0.4, -0.2) is 42.0 Å². The Balaban J connectivity index is 2.45. The van der Waals surface area contributed by atoms with Gasteiger partial charge in [-0.05, 0) is 26.3 Å². The van der Waals surface area contributed by atoms with Gasteiger partial charge in [0.05, 0.1) is 5.25 Å². The molecule has 102 valence electrons. The monoisotopic (exact) mass is 261 g/mol. The second-order valence-corrected chi connectivity index (χ2v) is 6.63. The Bertz CT molecular complexity index is 223. The minimum atomic E-state index is -0.699. The molecule has 4 heteroatoms. The summed E-state index contributed by atoms with van der Waals surface area (Å²) in [5.41, 5.74) is 0. The van der Waals surface area contributed by atoms with Crippen molar-refractivity contribution in [2.45, 2.75) is 56.2 Å². The van der Waals surface area contributed by atoms with E-state index in [0.717, 1.165) is 25.2 Å². The molecule has 1 fully saturated rings. The highest BCUT2D eigenvalue weighted by molar-refractivity contribution is 7.85. The lowest BCUT2D eigenvalue weighted by atomic mass is 9.96. The Morgan fingerprint density at radius 1 is 1.24 bits per heavy atom. The van der Waals surface area contributed by atoms with E-state index in [4.69, 9.17) is 4.74 Å². The minimum Gasteiger partial charge on any atom is -0.385 e. The Kier molecular flexibility index (Phi) is 8.06. The normalized spacial score (nSPS) is 28.4. The first-order valence-electron chi connectivity index (χ1n) is 6.83. The SMILES string of the molecule is CNC1CCCCCCC1S(=O)CCCOC. The quantitative estimate of drug-likeness (QED) is 0.744. The van der Waals surface area contributed by atoms with Gasteiger partial charge in [0.2, 0.25) is 0 Å². The molecule has 0 heterocycles. The summed E-state index contributed by atoms with van der Waals surface area (Å²) >= 11 is 0. The molecular weight excluding hydrogens is 234 g/mol. The predicted molar refractivity (Wildman–Crippen MR) is 73.8 cm³/mol. The van der Waals surface area contributed by atoms with Crippen molar-refractivity contribution in [3.05, 3.63) is 0 Å². The van der Waals surface area contributed by atoms with Gasteiger partial charge in [0.25, 0.3) is 0 Å². The summed E-state index contributed by atoms with van der Waals surface area (Å²) in [5, 5.41) is 3.71. The topological polar surface area (TPSA) is 38.3 Å². The average Bonchev–Trinajstić information content (AvgIpc) is 2.29. The first-order chi connectivity index (χ1) is 8.29. The van der Waals surface area contributed by atoms with E-state index in [2.05, 4.69) is 5.32 Å². The molecule has 1 aliphatic rings. The van der Waals surface area contributed by atoms with Crippen molar-refractivity contribution in [1.82, 2.24) is 5.32 Å². The minimum absolute atomic E-state index is 0.345. The van der Waals surface area contributed by atoms with Crippen LogP contribution in [-0.2, 0) is 15.5 Å². The molecule has 0 aliphatic heterocycles. The summed E-state index contributed by atoms with van der Waals surface area (Å²) in [7, 11) is 3.01. The van der Waals surface area contributed by atoms with Crippen LogP contribution < -0.4 is 5.32 Å². The summed E-state index contributed by atoms with van der Waals surface area (Å²) in [4.78, 5) is 0. The van der Waals surface area contributed by atoms with E-state index < -0.39 is 10.8 Å². The summed E-state index contributed by atoms with van der Waals surface area (Å²) in [6.45, 7) is 0.725. The van der Waals surface area contributed by atoms with Gasteiger partial charge in [-0.1, -0.05) is 25.7 Å². The zero-order valence-electron chi connectivity index (χ0n) is 11.2. The summed E-state index contributed by atoms with van der Waals surface area (Å²) in [5.74, 6) is 0.788. The largest absolute Gasteiger partial charge is 0.385 e. The fraction of sp³-hybridized carbons (Fsp3) is 1.00. The molecule has 0 aromatic carbocycles. The van der Waals surface area contributed by atoms with Crippen LogP contribution in [0.3, 0.4) is 0 Å². The molecule has 0 aromatic heterocycles. The molecule has 1 saturated carbocycles. The van der Waals surface area contributed by atoms with Gasteiger partial charge < -0.3 is 10.1 Å². The van der Waals surface area contributed by atoms with Crippen molar-refractivity contribution >= 4 is 10.8 Å². The molecule has 3 nitrogen and oxygen atoms in total. The van der Waals surface area contributed by atoms with Crippen molar-refractivity contribution in [2.75, 3.05) is 26.5 Å². The zero-order chi connectivity index (χ0) is 12.5. The molecule has 1 rings (SSSR count). The Labute approximate surface area is 108 Å². The van der Waals surface area contributed by atoms with Crippen LogP contribution in [0, 0.1) is 0 Å². The molecule has 0 aromatic rings. The van der Waals surface area contributed by atoms with E-state index >= 15 is 0 Å². The van der Waals surface area contributed by atoms with Crippen molar-refractivity contribution in [1.29, 1.82) is 0 Å². The summed E-state index contributed by atoms with van der Waals surface area (Å²) in [6.07, 6.45) is 8.36. The fourth-order valence-electron chi connectivity index (χ4n) is 2.59. The van der Waals surface area contributed by atoms with Crippen LogP contribution in [0.4, 0.5) is 0 Å². The van der Waals surface area contributed by atoms with E-state index in [1.165, 1.54) is 32.1 Å². The van der Waals surface area contributed by atoms with Crippen LogP contribution >= 0.6 is 0 Å². The summed E-state index contributed by atoms with van der Waals surface area (Å²) in [6, 6.07) is 0.443. The molecule has 1 N–H and O–H groups in total. The van der Waals surface area contributed by atoms with Gasteiger partial charge in [0, 0.05) is 36.3 Å². The van der Waals surface area contributed by atoms with Gasteiger partial charge in [-0.25, -0.2) is 0 Å². The smallest absolute Gasteiger partial charge is 0.0501 e. The average molecular weight is 261 g/mol. The zero-order valence-corrected chi connectivity index (χ0v) is 12.1. The number of ether oxygens (including phenoxy) is 1. The second-order valence-electron chi connectivity index (χ2n) is 4.86. The lowest BCUT2D eigenvalue weighted by molar-refractivity contribution is 0.200. The predicted octanol–water partition coefficient (Wildman–Crippen LogP) is 2.08. The fourth-order valence-corrected chi connectivity index (χ4v) is 4.37. The molecule has 1 aliphatic carbocycles. The Morgan fingerprint density at radius 2 is 1.94 bits per heavy atom. The lowest BCUT2D eigenvalue weighted by Crippen LogP contribution is -2.41. The molecule has 3 unspecified atom stereocenters. The lowest BCUT2D eigenvalue weighted by Gasteiger charge is -2.28. The van der Waals surface area contributed by atoms with E-state index in [0.29, 0.717) is 11.3 Å². The summed E-state index contributed by atoms with van der Waals surface area (Å²) < 4.78 is 17.4. The van der Waals surface area contributed by atoms with Gasteiger partial charge in [0.15, 0.2) is 0 Å². The first-order valence-corrected chi connectivity index (χ1v) is 8.21. The highest BCUT2D eigenvalue weighted by atomic mass is 32.2. The van der Waals surface area contributed by atoms with Gasteiger partial charge in [-0.3, -0.25) is 4.21 Å². The number of methoxy groups -OCH3 is 1. The van der Waals surface area contributed by atoms with E-state index in [1.807, 2.05) is 7.05 Å². The van der Waals surface area contributed by atoms with Gasteiger partial charge in [-0.2, -0.15) is 0 Å². The van der Waals surface area contributed by atoms with E-state index in [9.17, 15) is 4.21 Å². The first kappa shape index (κ1) is 15.1. The Morgan fingerprint density at radius 3 is 2.59 bits per heavy atom. The number of nitrogens with one attached hydrogen (secondary N) is 1. The van der Waals surface area contributed by atoms with Crippen LogP contribution in [0.5, 0.6) is 0 Å². The van der Waals surface area contributed by atoms with Crippen molar-refractivity contribution in [2.24, 2.45) is 0 Å². The number of hydrogen-bond donors (Lipinski definition) is 1. The van der Waals surface area contributed by atoms with Crippen molar-refractivity contribution in [3.8, 4) is 0 Å². The molecule has 17 heavy (non-hydrogen) atoms. The van der Waals surface area contributed by atoms with E-state index in [-0.39, 0.29) is 0 Å². The molecule has 0 radical (unpaired) electrons. The third-order valence-corrected chi connectivity index (χ3v) is 5.54. The van der Waals surface area contributed by atoms with Crippen LogP contribution in [0.2, 0.25) is 0 Å². The van der Waals surface area contributed by atoms with Crippen LogP contribution in [0.15, 0.2) is 0 Å². The maximum absolute atomic E-state index is 12.3. The molecular formula is C13H27NO2S. The van der Waals surface area contributed by atoms with Crippen LogP contribution in [0.1, 0.15) is 44.9 Å². The highest BCUT2D eigenvalue weighted by Crippen LogP contribution is 2.22. The molecule has 3 atom stereocenters. The third kappa shape index (κ3) is 5.49. The second kappa shape index (κ2) is 9.06. The third-order valence-electron chi connectivity index (χ3n) is 3.61. The van der Waals surface area contributed by atoms with Gasteiger partial charge in [-0.15, -0.1) is 0 Å². The highest BCUT2D eigenvalue weighted by Gasteiger charge is 2.26. The molecule has 0 spiro atoms. The Hall–Kier alpha value is 0.0700. The standard InChI is InChI=1S/C13H27NO2S/c1-14-12-8-5-3-4-6-9-13(12)17(15)11-7-10-16-2/h12-14H,3-11H2,1-2H3. The van der Waals surface area contributed by atoms with E-state index in [1.54, 1.807) is 7.11 Å². The van der Waals surface area contributed by atoms with Gasteiger partial charge >= 0.3 is 0 Å². The number of rotatable bonds is 6. The maximum Gasteiger partial charge on any atom is 0.0501 e. The molecule has 0 saturated heterocycles. The molecule has 0 bridgehead atoms. The van der Waals surface area contributed by atoms with Crippen molar-refractivity contribution in [3.63, 3.8) is 0 Å².